The van der Waals surface area contributed by atoms with Crippen LogP contribution in [0.1, 0.15) is 10.4 Å². The maximum Gasteiger partial charge on any atom is 0.338 e. The molecule has 2 heterocycles. The molecule has 1 aromatic carbocycles. The number of benzene rings is 1. The number of thioether (sulfide) groups is 1. The Hall–Kier alpha value is -1.00. The highest BCUT2D eigenvalue weighted by atomic mass is 32.2. The van der Waals surface area contributed by atoms with Crippen LogP contribution in [0.2, 0.25) is 0 Å². The maximum atomic E-state index is 12.1. The summed E-state index contributed by atoms with van der Waals surface area (Å²) < 4.78 is 5.75. The van der Waals surface area contributed by atoms with Crippen LogP contribution in [0.25, 0.3) is 0 Å². The van der Waals surface area contributed by atoms with E-state index in [9.17, 15) is 4.79 Å². The number of nitrogens with one attached hydrogen (secondary N) is 1. The Morgan fingerprint density at radius 3 is 2.50 bits per heavy atom. The van der Waals surface area contributed by atoms with Gasteiger partial charge in [0.25, 0.3) is 0 Å². The molecule has 2 aliphatic heterocycles. The fourth-order valence-corrected chi connectivity index (χ4v) is 4.06. The molecule has 1 aromatic rings. The highest BCUT2D eigenvalue weighted by Gasteiger charge is 2.39. The van der Waals surface area contributed by atoms with Gasteiger partial charge in [-0.25, -0.2) is 4.79 Å². The molecule has 3 atom stereocenters. The van der Waals surface area contributed by atoms with Crippen molar-refractivity contribution in [3.8, 4) is 0 Å². The Morgan fingerprint density at radius 1 is 1.17 bits per heavy atom. The van der Waals surface area contributed by atoms with Crippen LogP contribution in [0.3, 0.4) is 0 Å². The first kappa shape index (κ1) is 12.1. The monoisotopic (exact) mass is 263 g/mol. The van der Waals surface area contributed by atoms with Gasteiger partial charge in [-0.05, 0) is 12.1 Å². The topological polar surface area (TPSA) is 38.3 Å². The molecular weight excluding hydrogens is 246 g/mol. The lowest BCUT2D eigenvalue weighted by Crippen LogP contribution is -2.53. The lowest BCUT2D eigenvalue weighted by molar-refractivity contribution is -0.0114. The molecule has 2 aliphatic rings. The highest BCUT2D eigenvalue weighted by Crippen LogP contribution is 2.32. The van der Waals surface area contributed by atoms with Crippen LogP contribution in [-0.4, -0.2) is 36.7 Å². The standard InChI is InChI=1S/C14H17NO2S/c16-14(10-4-2-1-3-5-10)17-13-11-6-15-7-12(13)9-18-8-11/h1-5,11-13,15H,6-9H2/t11-,12+,13?. The zero-order valence-corrected chi connectivity index (χ0v) is 11.0. The summed E-state index contributed by atoms with van der Waals surface area (Å²) in [4.78, 5) is 12.1. The van der Waals surface area contributed by atoms with Crippen LogP contribution < -0.4 is 5.32 Å². The van der Waals surface area contributed by atoms with E-state index in [4.69, 9.17) is 4.74 Å². The number of fused-ring (bicyclic) bond motifs is 2. The van der Waals surface area contributed by atoms with E-state index in [1.807, 2.05) is 42.1 Å². The van der Waals surface area contributed by atoms with E-state index < -0.39 is 0 Å². The van der Waals surface area contributed by atoms with Gasteiger partial charge in [0, 0.05) is 36.4 Å². The molecule has 18 heavy (non-hydrogen) atoms. The van der Waals surface area contributed by atoms with E-state index in [0.717, 1.165) is 24.6 Å². The lowest BCUT2D eigenvalue weighted by Gasteiger charge is -2.41. The summed E-state index contributed by atoms with van der Waals surface area (Å²) in [5.41, 5.74) is 0.654. The summed E-state index contributed by atoms with van der Waals surface area (Å²) in [6, 6.07) is 9.28. The fourth-order valence-electron chi connectivity index (χ4n) is 2.71. The summed E-state index contributed by atoms with van der Waals surface area (Å²) >= 11 is 1.98. The van der Waals surface area contributed by atoms with Crippen molar-refractivity contribution in [1.29, 1.82) is 0 Å². The minimum atomic E-state index is -0.176. The van der Waals surface area contributed by atoms with Crippen LogP contribution in [0, 0.1) is 11.8 Å². The van der Waals surface area contributed by atoms with Crippen molar-refractivity contribution in [2.75, 3.05) is 24.6 Å². The number of ether oxygens (including phenoxy) is 1. The molecule has 1 unspecified atom stereocenters. The smallest absolute Gasteiger partial charge is 0.338 e. The normalized spacial score (nSPS) is 30.8. The van der Waals surface area contributed by atoms with Gasteiger partial charge in [0.15, 0.2) is 0 Å². The fraction of sp³-hybridized carbons (Fsp3) is 0.500. The molecule has 4 heteroatoms. The van der Waals surface area contributed by atoms with Gasteiger partial charge >= 0.3 is 5.97 Å². The first-order valence-corrected chi connectivity index (χ1v) is 7.54. The second-order valence-electron chi connectivity index (χ2n) is 4.95. The molecule has 2 bridgehead atoms. The molecule has 3 rings (SSSR count). The molecule has 2 saturated heterocycles. The third kappa shape index (κ3) is 2.40. The second kappa shape index (κ2) is 5.33. The molecular formula is C14H17NO2S. The summed E-state index contributed by atoms with van der Waals surface area (Å²) in [6.07, 6.45) is 0.0974. The largest absolute Gasteiger partial charge is 0.458 e. The van der Waals surface area contributed by atoms with E-state index in [1.165, 1.54) is 0 Å². The first-order valence-electron chi connectivity index (χ1n) is 6.39. The zero-order chi connectivity index (χ0) is 12.4. The van der Waals surface area contributed by atoms with Gasteiger partial charge in [-0.2, -0.15) is 11.8 Å². The number of carbonyl (C=O) groups excluding carboxylic acids is 1. The Labute approximate surface area is 111 Å². The molecule has 0 aromatic heterocycles. The van der Waals surface area contributed by atoms with Crippen molar-refractivity contribution in [1.82, 2.24) is 5.32 Å². The van der Waals surface area contributed by atoms with Gasteiger partial charge in [-0.15, -0.1) is 0 Å². The number of esters is 1. The Morgan fingerprint density at radius 2 is 1.83 bits per heavy atom. The lowest BCUT2D eigenvalue weighted by atomic mass is 9.88. The van der Waals surface area contributed by atoms with Crippen LogP contribution >= 0.6 is 11.8 Å². The SMILES string of the molecule is O=C(OC1[C@@H]2CNC[C@H]1CSC2)c1ccccc1. The van der Waals surface area contributed by atoms with Gasteiger partial charge < -0.3 is 10.1 Å². The van der Waals surface area contributed by atoms with Crippen LogP contribution in [0.4, 0.5) is 0 Å². The van der Waals surface area contributed by atoms with Gasteiger partial charge in [0.2, 0.25) is 0 Å². The number of hydrogen-bond acceptors (Lipinski definition) is 4. The number of piperidine rings is 1. The van der Waals surface area contributed by atoms with Gasteiger partial charge in [-0.1, -0.05) is 18.2 Å². The minimum absolute atomic E-state index is 0.0974. The van der Waals surface area contributed by atoms with E-state index in [2.05, 4.69) is 5.32 Å². The van der Waals surface area contributed by atoms with Crippen molar-refractivity contribution in [3.63, 3.8) is 0 Å². The van der Waals surface area contributed by atoms with Crippen molar-refractivity contribution >= 4 is 17.7 Å². The molecule has 0 amide bonds. The summed E-state index contributed by atoms with van der Waals surface area (Å²) in [5.74, 6) is 2.95. The van der Waals surface area contributed by atoms with Crippen LogP contribution in [-0.2, 0) is 4.74 Å². The van der Waals surface area contributed by atoms with E-state index in [0.29, 0.717) is 17.4 Å². The maximum absolute atomic E-state index is 12.1. The molecule has 0 radical (unpaired) electrons. The van der Waals surface area contributed by atoms with E-state index >= 15 is 0 Å². The summed E-state index contributed by atoms with van der Waals surface area (Å²) in [6.45, 7) is 1.94. The third-order valence-corrected chi connectivity index (χ3v) is 4.99. The van der Waals surface area contributed by atoms with Gasteiger partial charge in [0.1, 0.15) is 6.10 Å². The van der Waals surface area contributed by atoms with E-state index in [1.54, 1.807) is 0 Å². The number of rotatable bonds is 2. The number of carbonyl (C=O) groups is 1. The molecule has 0 saturated carbocycles. The van der Waals surface area contributed by atoms with Crippen LogP contribution in [0.5, 0.6) is 0 Å². The first-order chi connectivity index (χ1) is 8.84. The van der Waals surface area contributed by atoms with Gasteiger partial charge in [0.05, 0.1) is 5.56 Å². The Balaban J connectivity index is 1.70. The predicted molar refractivity (Wildman–Crippen MR) is 72.8 cm³/mol. The van der Waals surface area contributed by atoms with Crippen molar-refractivity contribution < 1.29 is 9.53 Å². The molecule has 96 valence electrons. The predicted octanol–water partition coefficient (Wildman–Crippen LogP) is 1.79. The highest BCUT2D eigenvalue weighted by molar-refractivity contribution is 7.99. The Bertz CT molecular complexity index is 401. The average molecular weight is 263 g/mol. The van der Waals surface area contributed by atoms with Crippen molar-refractivity contribution in [3.05, 3.63) is 35.9 Å². The minimum Gasteiger partial charge on any atom is -0.458 e. The molecule has 0 aliphatic carbocycles. The van der Waals surface area contributed by atoms with E-state index in [-0.39, 0.29) is 12.1 Å². The van der Waals surface area contributed by atoms with Crippen molar-refractivity contribution in [2.45, 2.75) is 6.10 Å². The zero-order valence-electron chi connectivity index (χ0n) is 10.2. The quantitative estimate of drug-likeness (QED) is 0.826. The molecule has 3 nitrogen and oxygen atoms in total. The second-order valence-corrected chi connectivity index (χ2v) is 6.03. The summed E-state index contributed by atoms with van der Waals surface area (Å²) in [7, 11) is 0. The molecule has 0 spiro atoms. The average Bonchev–Trinajstić information content (AvgIpc) is 2.39. The Kier molecular flexibility index (Phi) is 3.57. The number of hydrogen-bond donors (Lipinski definition) is 1. The molecule has 2 fully saturated rings. The van der Waals surface area contributed by atoms with Crippen molar-refractivity contribution in [2.24, 2.45) is 11.8 Å². The van der Waals surface area contributed by atoms with Gasteiger partial charge in [-0.3, -0.25) is 0 Å². The third-order valence-electron chi connectivity index (χ3n) is 3.66. The summed E-state index contributed by atoms with van der Waals surface area (Å²) in [5, 5.41) is 3.43. The van der Waals surface area contributed by atoms with Crippen LogP contribution in [0.15, 0.2) is 30.3 Å². The molecule has 1 N–H and O–H groups in total.